The molecule has 0 aliphatic heterocycles. The van der Waals surface area contributed by atoms with E-state index in [9.17, 15) is 9.59 Å². The number of hydrogen-bond donors (Lipinski definition) is 1. The summed E-state index contributed by atoms with van der Waals surface area (Å²) in [6, 6.07) is 14.7. The highest BCUT2D eigenvalue weighted by atomic mass is 16.5. The summed E-state index contributed by atoms with van der Waals surface area (Å²) >= 11 is 0. The molecule has 0 spiro atoms. The van der Waals surface area contributed by atoms with Crippen LogP contribution in [0.25, 0.3) is 11.0 Å². The molecular weight excluding hydrogens is 330 g/mol. The van der Waals surface area contributed by atoms with Gasteiger partial charge in [-0.15, -0.1) is 0 Å². The number of fused-ring (bicyclic) bond motifs is 1. The highest BCUT2D eigenvalue weighted by molar-refractivity contribution is 5.92. The fourth-order valence-electron chi connectivity index (χ4n) is 2.82. The molecule has 1 heterocycles. The minimum absolute atomic E-state index is 0.141. The number of ether oxygens (including phenoxy) is 1. The number of nitrogens with zero attached hydrogens (tertiary/aromatic N) is 2. The second-order valence-electron chi connectivity index (χ2n) is 6.04. The molecule has 0 bridgehead atoms. The molecule has 0 radical (unpaired) electrons. The predicted molar refractivity (Wildman–Crippen MR) is 100 cm³/mol. The van der Waals surface area contributed by atoms with Gasteiger partial charge in [-0.2, -0.15) is 0 Å². The van der Waals surface area contributed by atoms with Crippen LogP contribution in [0, 0.1) is 0 Å². The van der Waals surface area contributed by atoms with Crippen molar-refractivity contribution in [3.8, 4) is 5.75 Å². The molecule has 6 nitrogen and oxygen atoms in total. The minimum atomic E-state index is -0.370. The lowest BCUT2D eigenvalue weighted by molar-refractivity contribution is -0.131. The zero-order valence-electron chi connectivity index (χ0n) is 14.9. The van der Waals surface area contributed by atoms with Crippen LogP contribution in [0.15, 0.2) is 48.5 Å². The molecule has 0 fully saturated rings. The quantitative estimate of drug-likeness (QED) is 0.544. The number of esters is 1. The van der Waals surface area contributed by atoms with Gasteiger partial charge in [0.1, 0.15) is 5.75 Å². The van der Waals surface area contributed by atoms with Gasteiger partial charge in [0.2, 0.25) is 11.9 Å². The Morgan fingerprint density at radius 3 is 2.54 bits per heavy atom. The molecule has 134 valence electrons. The van der Waals surface area contributed by atoms with Crippen molar-refractivity contribution >= 4 is 28.9 Å². The van der Waals surface area contributed by atoms with Gasteiger partial charge in [0, 0.05) is 13.5 Å². The maximum atomic E-state index is 12.4. The summed E-state index contributed by atoms with van der Waals surface area (Å²) in [7, 11) is 0. The number of anilines is 1. The monoisotopic (exact) mass is 351 g/mol. The number of imidazole rings is 1. The van der Waals surface area contributed by atoms with Crippen molar-refractivity contribution in [3.05, 3.63) is 54.1 Å². The molecule has 2 aromatic carbocycles. The smallest absolute Gasteiger partial charge is 0.308 e. The van der Waals surface area contributed by atoms with Crippen molar-refractivity contribution in [2.24, 2.45) is 0 Å². The Morgan fingerprint density at radius 2 is 1.85 bits per heavy atom. The SMILES string of the molecule is CCCn1c(NC(=O)Cc2ccc(OC(C)=O)cc2)nc2ccccc21. The van der Waals surface area contributed by atoms with Gasteiger partial charge >= 0.3 is 5.97 Å². The molecular formula is C20H21N3O3. The van der Waals surface area contributed by atoms with Crippen molar-refractivity contribution in [1.29, 1.82) is 0 Å². The van der Waals surface area contributed by atoms with E-state index in [1.165, 1.54) is 6.92 Å². The van der Waals surface area contributed by atoms with Crippen molar-refractivity contribution < 1.29 is 14.3 Å². The van der Waals surface area contributed by atoms with Crippen LogP contribution in [0.4, 0.5) is 5.95 Å². The van der Waals surface area contributed by atoms with Crippen LogP contribution in [0.3, 0.4) is 0 Å². The number of rotatable bonds is 6. The van der Waals surface area contributed by atoms with Crippen molar-refractivity contribution in [2.45, 2.75) is 33.2 Å². The molecule has 0 saturated heterocycles. The molecule has 6 heteroatoms. The van der Waals surface area contributed by atoms with Crippen LogP contribution < -0.4 is 10.1 Å². The summed E-state index contributed by atoms with van der Waals surface area (Å²) < 4.78 is 7.02. The Kier molecular flexibility index (Phi) is 5.31. The van der Waals surface area contributed by atoms with E-state index < -0.39 is 0 Å². The number of hydrogen-bond acceptors (Lipinski definition) is 4. The number of carbonyl (C=O) groups is 2. The third-order valence-electron chi connectivity index (χ3n) is 3.90. The molecule has 0 atom stereocenters. The van der Waals surface area contributed by atoms with Crippen LogP contribution in [0.5, 0.6) is 5.75 Å². The maximum absolute atomic E-state index is 12.4. The van der Waals surface area contributed by atoms with E-state index in [-0.39, 0.29) is 18.3 Å². The maximum Gasteiger partial charge on any atom is 0.308 e. The first-order chi connectivity index (χ1) is 12.6. The van der Waals surface area contributed by atoms with Gasteiger partial charge in [0.15, 0.2) is 0 Å². The summed E-state index contributed by atoms with van der Waals surface area (Å²) in [4.78, 5) is 27.9. The lowest BCUT2D eigenvalue weighted by atomic mass is 10.1. The Labute approximate surface area is 151 Å². The lowest BCUT2D eigenvalue weighted by Crippen LogP contribution is -2.18. The topological polar surface area (TPSA) is 73.2 Å². The van der Waals surface area contributed by atoms with E-state index in [4.69, 9.17) is 4.74 Å². The Morgan fingerprint density at radius 1 is 1.12 bits per heavy atom. The van der Waals surface area contributed by atoms with E-state index in [0.717, 1.165) is 29.6 Å². The summed E-state index contributed by atoms with van der Waals surface area (Å²) in [5.41, 5.74) is 2.70. The number of amides is 1. The summed E-state index contributed by atoms with van der Waals surface area (Å²) in [5, 5.41) is 2.91. The number of para-hydroxylation sites is 2. The molecule has 26 heavy (non-hydrogen) atoms. The second kappa shape index (κ2) is 7.82. The van der Waals surface area contributed by atoms with Crippen LogP contribution in [-0.2, 0) is 22.6 Å². The summed E-state index contributed by atoms with van der Waals surface area (Å²) in [6.07, 6.45) is 1.16. The van der Waals surface area contributed by atoms with Gasteiger partial charge in [0.25, 0.3) is 0 Å². The van der Waals surface area contributed by atoms with E-state index in [2.05, 4.69) is 17.2 Å². The number of aryl methyl sites for hydroxylation is 1. The molecule has 3 aromatic rings. The van der Waals surface area contributed by atoms with Gasteiger partial charge in [0.05, 0.1) is 17.5 Å². The van der Waals surface area contributed by atoms with Crippen LogP contribution in [0.2, 0.25) is 0 Å². The largest absolute Gasteiger partial charge is 0.427 e. The third-order valence-corrected chi connectivity index (χ3v) is 3.90. The Hall–Kier alpha value is -3.15. The first-order valence-corrected chi connectivity index (χ1v) is 8.59. The van der Waals surface area contributed by atoms with Gasteiger partial charge in [-0.25, -0.2) is 4.98 Å². The Balaban J connectivity index is 1.72. The summed E-state index contributed by atoms with van der Waals surface area (Å²) in [5.74, 6) is 0.518. The van der Waals surface area contributed by atoms with Gasteiger partial charge in [-0.1, -0.05) is 31.2 Å². The molecule has 0 saturated carbocycles. The van der Waals surface area contributed by atoms with Crippen molar-refractivity contribution in [3.63, 3.8) is 0 Å². The molecule has 0 aliphatic rings. The molecule has 1 N–H and O–H groups in total. The van der Waals surface area contributed by atoms with Gasteiger partial charge in [-0.3, -0.25) is 14.9 Å². The lowest BCUT2D eigenvalue weighted by Gasteiger charge is -2.09. The average molecular weight is 351 g/mol. The zero-order valence-corrected chi connectivity index (χ0v) is 14.9. The van der Waals surface area contributed by atoms with Crippen molar-refractivity contribution in [2.75, 3.05) is 5.32 Å². The predicted octanol–water partition coefficient (Wildman–Crippen LogP) is 3.55. The van der Waals surface area contributed by atoms with E-state index in [1.54, 1.807) is 24.3 Å². The van der Waals surface area contributed by atoms with E-state index in [0.29, 0.717) is 11.7 Å². The van der Waals surface area contributed by atoms with Crippen molar-refractivity contribution in [1.82, 2.24) is 9.55 Å². The number of aromatic nitrogens is 2. The van der Waals surface area contributed by atoms with Gasteiger partial charge < -0.3 is 9.30 Å². The highest BCUT2D eigenvalue weighted by Gasteiger charge is 2.13. The molecule has 1 aromatic heterocycles. The third kappa shape index (κ3) is 4.08. The fourth-order valence-corrected chi connectivity index (χ4v) is 2.82. The van der Waals surface area contributed by atoms with Crippen LogP contribution in [-0.4, -0.2) is 21.4 Å². The second-order valence-corrected chi connectivity index (χ2v) is 6.04. The summed E-state index contributed by atoms with van der Waals surface area (Å²) in [6.45, 7) is 4.22. The fraction of sp³-hybridized carbons (Fsp3) is 0.250. The standard InChI is InChI=1S/C20H21N3O3/c1-3-12-23-18-7-5-4-6-17(18)21-20(23)22-19(25)13-15-8-10-16(11-9-15)26-14(2)24/h4-11H,3,12-13H2,1-2H3,(H,21,22,25). The van der Waals surface area contributed by atoms with Crippen LogP contribution >= 0.6 is 0 Å². The minimum Gasteiger partial charge on any atom is -0.427 e. The first kappa shape index (κ1) is 17.7. The average Bonchev–Trinajstić information content (AvgIpc) is 2.94. The van der Waals surface area contributed by atoms with E-state index in [1.807, 2.05) is 28.8 Å². The van der Waals surface area contributed by atoms with E-state index >= 15 is 0 Å². The highest BCUT2D eigenvalue weighted by Crippen LogP contribution is 2.20. The zero-order chi connectivity index (χ0) is 18.5. The van der Waals surface area contributed by atoms with Gasteiger partial charge in [-0.05, 0) is 36.2 Å². The number of nitrogens with one attached hydrogen (secondary N) is 1. The molecule has 0 aliphatic carbocycles. The van der Waals surface area contributed by atoms with Crippen LogP contribution in [0.1, 0.15) is 25.8 Å². The normalized spacial score (nSPS) is 10.7. The molecule has 1 amide bonds. The number of carbonyl (C=O) groups excluding carboxylic acids is 2. The molecule has 3 rings (SSSR count). The first-order valence-electron chi connectivity index (χ1n) is 8.59. The Bertz CT molecular complexity index is 929. The number of benzene rings is 2. The molecule has 0 unspecified atom stereocenters.